The molecule has 7 nitrogen and oxygen atoms in total. The molecule has 2 aromatic heterocycles. The number of nitrogens with zero attached hydrogens (tertiary/aromatic N) is 6. The van der Waals surface area contributed by atoms with E-state index in [0.717, 1.165) is 64.5 Å². The number of rotatable bonds is 3. The molecule has 0 spiro atoms. The second-order valence-electron chi connectivity index (χ2n) is 9.38. The molecule has 2 atom stereocenters. The fraction of sp³-hybridized carbons (Fsp3) is 0.214. The summed E-state index contributed by atoms with van der Waals surface area (Å²) in [4.78, 5) is 12.0. The Balaban J connectivity index is 1.19. The topological polar surface area (TPSA) is 72.8 Å². The molecule has 0 saturated carbocycles. The number of aromatic amines is 1. The molecule has 1 fully saturated rings. The van der Waals surface area contributed by atoms with Crippen LogP contribution in [0.1, 0.15) is 36.2 Å². The molecule has 178 valence electrons. The first-order valence-corrected chi connectivity index (χ1v) is 12.3. The maximum absolute atomic E-state index is 13.9. The number of halogens is 1. The molecule has 2 unspecified atom stereocenters. The normalized spacial score (nSPS) is 21.1. The minimum atomic E-state index is -0.202. The average molecular weight is 478 g/mol. The minimum Gasteiger partial charge on any atom is -0.348 e. The summed E-state index contributed by atoms with van der Waals surface area (Å²) in [6.45, 7) is 1.49. The number of aliphatic imine (C=N–C) groups is 1. The number of aromatic nitrogens is 3. The van der Waals surface area contributed by atoms with Crippen LogP contribution in [0.4, 0.5) is 4.39 Å². The molecule has 1 N–H and O–H groups in total. The molecular formula is C28H24FN7. The lowest BCUT2D eigenvalue weighted by molar-refractivity contribution is 0.337. The van der Waals surface area contributed by atoms with Crippen molar-refractivity contribution in [2.75, 3.05) is 13.1 Å². The van der Waals surface area contributed by atoms with Crippen LogP contribution in [0.2, 0.25) is 0 Å². The Bertz CT molecular complexity index is 1550. The predicted octanol–water partition coefficient (Wildman–Crippen LogP) is 5.24. The van der Waals surface area contributed by atoms with Gasteiger partial charge in [0.15, 0.2) is 0 Å². The molecule has 0 bridgehead atoms. The van der Waals surface area contributed by atoms with Gasteiger partial charge in [-0.25, -0.2) is 9.40 Å². The van der Waals surface area contributed by atoms with Gasteiger partial charge in [0, 0.05) is 17.5 Å². The van der Waals surface area contributed by atoms with Gasteiger partial charge in [0.2, 0.25) is 0 Å². The van der Waals surface area contributed by atoms with Crippen molar-refractivity contribution in [2.45, 2.75) is 24.9 Å². The van der Waals surface area contributed by atoms with Crippen LogP contribution in [-0.4, -0.2) is 49.9 Å². The fourth-order valence-corrected chi connectivity index (χ4v) is 5.41. The van der Waals surface area contributed by atoms with Crippen molar-refractivity contribution in [3.8, 4) is 11.3 Å². The van der Waals surface area contributed by atoms with E-state index in [0.29, 0.717) is 6.54 Å². The highest BCUT2D eigenvalue weighted by atomic mass is 19.1. The van der Waals surface area contributed by atoms with Crippen molar-refractivity contribution in [3.05, 3.63) is 96.1 Å². The summed E-state index contributed by atoms with van der Waals surface area (Å²) >= 11 is 0. The van der Waals surface area contributed by atoms with Crippen LogP contribution in [0.5, 0.6) is 0 Å². The number of hydrazone groups is 1. The number of likely N-dealkylation sites (tertiary alicyclic amines) is 1. The fourth-order valence-electron chi connectivity index (χ4n) is 5.41. The largest absolute Gasteiger partial charge is 0.348 e. The highest BCUT2D eigenvalue weighted by molar-refractivity contribution is 6.06. The summed E-state index contributed by atoms with van der Waals surface area (Å²) in [5, 5.41) is 15.2. The van der Waals surface area contributed by atoms with E-state index in [1.165, 1.54) is 6.07 Å². The molecule has 0 aliphatic carbocycles. The first-order valence-electron chi connectivity index (χ1n) is 12.3. The number of benzene rings is 2. The van der Waals surface area contributed by atoms with Crippen molar-refractivity contribution >= 4 is 22.6 Å². The smallest absolute Gasteiger partial charge is 0.149 e. The monoisotopic (exact) mass is 477 g/mol. The molecule has 8 heteroatoms. The summed E-state index contributed by atoms with van der Waals surface area (Å²) in [6, 6.07) is 19.2. The molecule has 36 heavy (non-hydrogen) atoms. The molecule has 3 aliphatic rings. The van der Waals surface area contributed by atoms with E-state index in [1.807, 2.05) is 53.7 Å². The number of pyridine rings is 1. The van der Waals surface area contributed by atoms with Gasteiger partial charge in [0.25, 0.3) is 0 Å². The van der Waals surface area contributed by atoms with Crippen molar-refractivity contribution in [1.82, 2.24) is 25.1 Å². The van der Waals surface area contributed by atoms with Crippen molar-refractivity contribution in [1.29, 1.82) is 0 Å². The van der Waals surface area contributed by atoms with Crippen LogP contribution in [0.15, 0.2) is 89.1 Å². The number of amidine groups is 2. The van der Waals surface area contributed by atoms with E-state index in [2.05, 4.69) is 27.2 Å². The second-order valence-corrected chi connectivity index (χ2v) is 9.38. The lowest BCUT2D eigenvalue weighted by Gasteiger charge is -2.31. The van der Waals surface area contributed by atoms with E-state index in [9.17, 15) is 4.39 Å². The van der Waals surface area contributed by atoms with E-state index in [4.69, 9.17) is 15.1 Å². The zero-order valence-electron chi connectivity index (χ0n) is 19.5. The third-order valence-electron chi connectivity index (χ3n) is 7.18. The highest BCUT2D eigenvalue weighted by Crippen LogP contribution is 2.35. The first kappa shape index (κ1) is 21.0. The Labute approximate surface area is 207 Å². The van der Waals surface area contributed by atoms with Gasteiger partial charge in [-0.3, -0.25) is 15.1 Å². The van der Waals surface area contributed by atoms with Gasteiger partial charge in [-0.05, 0) is 67.0 Å². The van der Waals surface area contributed by atoms with Gasteiger partial charge in [-0.1, -0.05) is 24.3 Å². The van der Waals surface area contributed by atoms with Gasteiger partial charge in [0.05, 0.1) is 35.7 Å². The van der Waals surface area contributed by atoms with Crippen molar-refractivity contribution in [2.24, 2.45) is 10.1 Å². The van der Waals surface area contributed by atoms with E-state index in [-0.39, 0.29) is 17.9 Å². The van der Waals surface area contributed by atoms with Crippen LogP contribution in [-0.2, 0) is 0 Å². The third-order valence-corrected chi connectivity index (χ3v) is 7.18. The van der Waals surface area contributed by atoms with E-state index in [1.54, 1.807) is 12.1 Å². The summed E-state index contributed by atoms with van der Waals surface area (Å²) in [5.74, 6) is 1.53. The Kier molecular flexibility index (Phi) is 4.90. The molecule has 4 aromatic rings. The van der Waals surface area contributed by atoms with E-state index >= 15 is 0 Å². The lowest BCUT2D eigenvalue weighted by atomic mass is 10.0. The highest BCUT2D eigenvalue weighted by Gasteiger charge is 2.35. The summed E-state index contributed by atoms with van der Waals surface area (Å²) < 4.78 is 13.9. The predicted molar refractivity (Wildman–Crippen MR) is 138 cm³/mol. The Morgan fingerprint density at radius 3 is 2.81 bits per heavy atom. The zero-order valence-corrected chi connectivity index (χ0v) is 19.5. The van der Waals surface area contributed by atoms with Crippen LogP contribution >= 0.6 is 0 Å². The molecule has 2 aromatic carbocycles. The Hall–Kier alpha value is -4.33. The number of H-pyrrole nitrogens is 1. The molecular weight excluding hydrogens is 453 g/mol. The standard InChI is InChI=1S/C28H24FN7/c29-21-5-1-4-19(15-21)25-8-3-13-35(25)28-12-11-27-30-17-26(36(27)34-28)24-7-2-6-22(32-24)18-9-10-23-20(14-18)16-31-33-23/h1-2,4-7,9-12,14-16,25-26H,3,8,13,17H2,(H,31,33). The quantitative estimate of drug-likeness (QED) is 0.438. The van der Waals surface area contributed by atoms with Crippen molar-refractivity contribution in [3.63, 3.8) is 0 Å². The molecule has 3 aliphatic heterocycles. The minimum absolute atomic E-state index is 0.0761. The first-order chi connectivity index (χ1) is 17.7. The van der Waals surface area contributed by atoms with Gasteiger partial charge >= 0.3 is 0 Å². The Morgan fingerprint density at radius 1 is 0.944 bits per heavy atom. The summed E-state index contributed by atoms with van der Waals surface area (Å²) in [7, 11) is 0. The second kappa shape index (κ2) is 8.41. The maximum Gasteiger partial charge on any atom is 0.149 e. The maximum atomic E-state index is 13.9. The number of fused-ring (bicyclic) bond motifs is 2. The molecule has 7 rings (SSSR count). The lowest BCUT2D eigenvalue weighted by Crippen LogP contribution is -2.36. The summed E-state index contributed by atoms with van der Waals surface area (Å²) in [5.41, 5.74) is 4.88. The molecule has 1 saturated heterocycles. The summed E-state index contributed by atoms with van der Waals surface area (Å²) in [6.07, 6.45) is 7.90. The van der Waals surface area contributed by atoms with Gasteiger partial charge in [0.1, 0.15) is 23.5 Å². The molecule has 0 amide bonds. The van der Waals surface area contributed by atoms with Crippen LogP contribution < -0.4 is 0 Å². The zero-order chi connectivity index (χ0) is 24.1. The SMILES string of the molecule is Fc1cccc(C2CCCN2C2=NN3C(=NCC3c3cccc(-c4ccc5[nH]ncc5c4)n3)C=C2)c1. The van der Waals surface area contributed by atoms with Gasteiger partial charge < -0.3 is 4.90 Å². The van der Waals surface area contributed by atoms with Gasteiger partial charge in [-0.2, -0.15) is 10.2 Å². The molecule has 0 radical (unpaired) electrons. The van der Waals surface area contributed by atoms with Crippen LogP contribution in [0.3, 0.4) is 0 Å². The Morgan fingerprint density at radius 2 is 1.86 bits per heavy atom. The van der Waals surface area contributed by atoms with Crippen LogP contribution in [0, 0.1) is 5.82 Å². The van der Waals surface area contributed by atoms with Crippen LogP contribution in [0.25, 0.3) is 22.2 Å². The molecule has 5 heterocycles. The van der Waals surface area contributed by atoms with E-state index < -0.39 is 0 Å². The average Bonchev–Trinajstić information content (AvgIpc) is 3.67. The van der Waals surface area contributed by atoms with Gasteiger partial charge in [-0.15, -0.1) is 0 Å². The third kappa shape index (κ3) is 3.57. The number of hydrogen-bond donors (Lipinski definition) is 1. The number of hydrogen-bond acceptors (Lipinski definition) is 6. The number of nitrogens with one attached hydrogen (secondary N) is 1. The van der Waals surface area contributed by atoms with Crippen molar-refractivity contribution < 1.29 is 4.39 Å².